The molecule has 1 aromatic carbocycles. The summed E-state index contributed by atoms with van der Waals surface area (Å²) in [5.41, 5.74) is 0.916. The largest absolute Gasteiger partial charge is 0.496 e. The Bertz CT molecular complexity index is 675. The van der Waals surface area contributed by atoms with Crippen LogP contribution in [0, 0.1) is 11.3 Å². The Morgan fingerprint density at radius 1 is 1.30 bits per heavy atom. The number of benzene rings is 1. The number of hydrogen-bond acceptors (Lipinski definition) is 5. The van der Waals surface area contributed by atoms with Gasteiger partial charge in [0.2, 0.25) is 0 Å². The molecular weight excluding hydrogens is 254 g/mol. The molecule has 20 heavy (non-hydrogen) atoms. The first-order valence-electron chi connectivity index (χ1n) is 6.25. The number of rotatable bonds is 3. The van der Waals surface area contributed by atoms with E-state index in [0.717, 1.165) is 17.0 Å². The standard InChI is InChI=1S/C15H13N3O2/c1-19-13-5-3-2-4-11(13)12-6-7-17-14(18-12)15(8-16)9-20-10-15/h2-7H,9-10H2,1H3. The minimum atomic E-state index is -0.710. The minimum Gasteiger partial charge on any atom is -0.496 e. The van der Waals surface area contributed by atoms with Crippen LogP contribution in [0.5, 0.6) is 5.75 Å². The van der Waals surface area contributed by atoms with Crippen LogP contribution < -0.4 is 4.74 Å². The fraction of sp³-hybridized carbons (Fsp3) is 0.267. The Balaban J connectivity index is 2.06. The van der Waals surface area contributed by atoms with Crippen LogP contribution in [0.1, 0.15) is 5.82 Å². The van der Waals surface area contributed by atoms with Crippen molar-refractivity contribution in [3.05, 3.63) is 42.4 Å². The molecule has 5 heteroatoms. The van der Waals surface area contributed by atoms with Crippen molar-refractivity contribution in [2.75, 3.05) is 20.3 Å². The van der Waals surface area contributed by atoms with Crippen LogP contribution in [0.3, 0.4) is 0 Å². The number of ether oxygens (including phenoxy) is 2. The van der Waals surface area contributed by atoms with Crippen LogP contribution in [-0.4, -0.2) is 30.3 Å². The zero-order chi connectivity index (χ0) is 14.0. The summed E-state index contributed by atoms with van der Waals surface area (Å²) < 4.78 is 10.5. The van der Waals surface area contributed by atoms with Gasteiger partial charge in [0.1, 0.15) is 5.75 Å². The first kappa shape index (κ1) is 12.6. The highest BCUT2D eigenvalue weighted by Crippen LogP contribution is 2.32. The lowest BCUT2D eigenvalue weighted by molar-refractivity contribution is -0.0338. The molecule has 0 N–H and O–H groups in total. The second kappa shape index (κ2) is 4.91. The number of aromatic nitrogens is 2. The van der Waals surface area contributed by atoms with Crippen molar-refractivity contribution in [1.82, 2.24) is 9.97 Å². The number of nitriles is 1. The lowest BCUT2D eigenvalue weighted by Gasteiger charge is -2.33. The fourth-order valence-corrected chi connectivity index (χ4v) is 2.15. The van der Waals surface area contributed by atoms with E-state index in [1.54, 1.807) is 13.3 Å². The van der Waals surface area contributed by atoms with E-state index >= 15 is 0 Å². The number of methoxy groups -OCH3 is 1. The predicted molar refractivity (Wildman–Crippen MR) is 72.1 cm³/mol. The molecule has 0 saturated carbocycles. The minimum absolute atomic E-state index is 0.346. The zero-order valence-electron chi connectivity index (χ0n) is 11.0. The van der Waals surface area contributed by atoms with Crippen LogP contribution in [0.15, 0.2) is 36.5 Å². The monoisotopic (exact) mass is 267 g/mol. The van der Waals surface area contributed by atoms with Crippen LogP contribution >= 0.6 is 0 Å². The average molecular weight is 267 g/mol. The first-order chi connectivity index (χ1) is 9.79. The van der Waals surface area contributed by atoms with E-state index in [4.69, 9.17) is 9.47 Å². The van der Waals surface area contributed by atoms with E-state index in [1.807, 2.05) is 30.3 Å². The molecule has 0 atom stereocenters. The molecular formula is C15H13N3O2. The van der Waals surface area contributed by atoms with Crippen molar-refractivity contribution in [2.24, 2.45) is 0 Å². The van der Waals surface area contributed by atoms with Crippen molar-refractivity contribution in [1.29, 1.82) is 5.26 Å². The van der Waals surface area contributed by atoms with Gasteiger partial charge in [0.05, 0.1) is 32.1 Å². The lowest BCUT2D eigenvalue weighted by atomic mass is 9.87. The van der Waals surface area contributed by atoms with Gasteiger partial charge in [-0.2, -0.15) is 5.26 Å². The molecule has 1 fully saturated rings. The first-order valence-corrected chi connectivity index (χ1v) is 6.25. The van der Waals surface area contributed by atoms with E-state index in [0.29, 0.717) is 19.0 Å². The SMILES string of the molecule is COc1ccccc1-c1ccnc(C2(C#N)COC2)n1. The van der Waals surface area contributed by atoms with Gasteiger partial charge >= 0.3 is 0 Å². The smallest absolute Gasteiger partial charge is 0.163 e. The van der Waals surface area contributed by atoms with Gasteiger partial charge in [-0.15, -0.1) is 0 Å². The molecule has 2 aromatic rings. The summed E-state index contributed by atoms with van der Waals surface area (Å²) in [6, 6.07) is 11.7. The Morgan fingerprint density at radius 2 is 2.10 bits per heavy atom. The van der Waals surface area contributed by atoms with Crippen molar-refractivity contribution < 1.29 is 9.47 Å². The highest BCUT2D eigenvalue weighted by molar-refractivity contribution is 5.66. The highest BCUT2D eigenvalue weighted by atomic mass is 16.5. The van der Waals surface area contributed by atoms with E-state index in [1.165, 1.54) is 0 Å². The molecule has 0 amide bonds. The zero-order valence-corrected chi connectivity index (χ0v) is 11.0. The normalized spacial score (nSPS) is 16.0. The average Bonchev–Trinajstić information content (AvgIpc) is 2.47. The van der Waals surface area contributed by atoms with Crippen molar-refractivity contribution in [3.8, 4) is 23.1 Å². The maximum absolute atomic E-state index is 9.32. The molecule has 2 heterocycles. The summed E-state index contributed by atoms with van der Waals surface area (Å²) in [6.45, 7) is 0.692. The van der Waals surface area contributed by atoms with E-state index in [2.05, 4.69) is 16.0 Å². The predicted octanol–water partition coefficient (Wildman–Crippen LogP) is 1.94. The van der Waals surface area contributed by atoms with Gasteiger partial charge in [-0.25, -0.2) is 9.97 Å². The summed E-state index contributed by atoms with van der Waals surface area (Å²) >= 11 is 0. The number of para-hydroxylation sites is 1. The second-order valence-corrected chi connectivity index (χ2v) is 4.65. The Hall–Kier alpha value is -2.45. The van der Waals surface area contributed by atoms with Gasteiger partial charge in [0, 0.05) is 11.8 Å². The summed E-state index contributed by atoms with van der Waals surface area (Å²) in [5, 5.41) is 9.32. The summed E-state index contributed by atoms with van der Waals surface area (Å²) in [7, 11) is 1.62. The molecule has 0 unspecified atom stereocenters. The maximum Gasteiger partial charge on any atom is 0.163 e. The highest BCUT2D eigenvalue weighted by Gasteiger charge is 2.43. The molecule has 0 spiro atoms. The van der Waals surface area contributed by atoms with Crippen LogP contribution in [-0.2, 0) is 10.2 Å². The third-order valence-electron chi connectivity index (χ3n) is 3.38. The molecule has 1 saturated heterocycles. The van der Waals surface area contributed by atoms with Gasteiger partial charge < -0.3 is 9.47 Å². The van der Waals surface area contributed by atoms with Gasteiger partial charge in [0.15, 0.2) is 11.2 Å². The van der Waals surface area contributed by atoms with Crippen LogP contribution in [0.2, 0.25) is 0 Å². The van der Waals surface area contributed by atoms with E-state index < -0.39 is 5.41 Å². The molecule has 0 bridgehead atoms. The number of hydrogen-bond donors (Lipinski definition) is 0. The van der Waals surface area contributed by atoms with E-state index in [-0.39, 0.29) is 0 Å². The molecule has 1 aliphatic heterocycles. The topological polar surface area (TPSA) is 68.0 Å². The molecule has 1 aliphatic rings. The molecule has 3 rings (SSSR count). The van der Waals surface area contributed by atoms with Crippen molar-refractivity contribution >= 4 is 0 Å². The second-order valence-electron chi connectivity index (χ2n) is 4.65. The summed E-state index contributed by atoms with van der Waals surface area (Å²) in [4.78, 5) is 8.75. The van der Waals surface area contributed by atoms with Gasteiger partial charge in [0.25, 0.3) is 0 Å². The Kier molecular flexibility index (Phi) is 3.09. The third kappa shape index (κ3) is 1.91. The molecule has 100 valence electrons. The summed E-state index contributed by atoms with van der Waals surface area (Å²) in [6.07, 6.45) is 1.67. The summed E-state index contributed by atoms with van der Waals surface area (Å²) in [5.74, 6) is 1.25. The Labute approximate surface area is 116 Å². The third-order valence-corrected chi connectivity index (χ3v) is 3.38. The quantitative estimate of drug-likeness (QED) is 0.850. The molecule has 5 nitrogen and oxygen atoms in total. The molecule has 1 aromatic heterocycles. The number of nitrogens with zero attached hydrogens (tertiary/aromatic N) is 3. The lowest BCUT2D eigenvalue weighted by Crippen LogP contribution is -2.46. The Morgan fingerprint density at radius 3 is 2.75 bits per heavy atom. The molecule has 0 radical (unpaired) electrons. The van der Waals surface area contributed by atoms with Crippen molar-refractivity contribution in [2.45, 2.75) is 5.41 Å². The van der Waals surface area contributed by atoms with E-state index in [9.17, 15) is 5.26 Å². The molecule has 0 aliphatic carbocycles. The van der Waals surface area contributed by atoms with Gasteiger partial charge in [-0.05, 0) is 18.2 Å². The van der Waals surface area contributed by atoms with Gasteiger partial charge in [-0.1, -0.05) is 12.1 Å². The van der Waals surface area contributed by atoms with Crippen LogP contribution in [0.25, 0.3) is 11.3 Å². The van der Waals surface area contributed by atoms with Crippen molar-refractivity contribution in [3.63, 3.8) is 0 Å². The van der Waals surface area contributed by atoms with Crippen LogP contribution in [0.4, 0.5) is 0 Å². The fourth-order valence-electron chi connectivity index (χ4n) is 2.15. The van der Waals surface area contributed by atoms with Gasteiger partial charge in [-0.3, -0.25) is 0 Å². The maximum atomic E-state index is 9.32.